The summed E-state index contributed by atoms with van der Waals surface area (Å²) in [6, 6.07) is -3.92. The molecule has 3 aliphatic heterocycles. The van der Waals surface area contributed by atoms with Crippen molar-refractivity contribution in [3.63, 3.8) is 0 Å². The first-order valence-electron chi connectivity index (χ1n) is 14.6. The molecule has 5 rings (SSSR count). The Labute approximate surface area is 247 Å². The fraction of sp³-hybridized carbons (Fsp3) is 0.960. The number of aliphatic hydroxyl groups excluding tert-OH is 6. The highest BCUT2D eigenvalue weighted by Gasteiger charge is 2.75. The van der Waals surface area contributed by atoms with Crippen molar-refractivity contribution in [3.8, 4) is 0 Å². The molecule has 3 heterocycles. The number of hydrogen-bond acceptors (Lipinski definition) is 17. The van der Waals surface area contributed by atoms with E-state index in [1.54, 1.807) is 7.05 Å². The summed E-state index contributed by atoms with van der Waals surface area (Å²) in [6.07, 6.45) is -11.7. The van der Waals surface area contributed by atoms with Crippen LogP contribution in [0.15, 0.2) is 0 Å². The summed E-state index contributed by atoms with van der Waals surface area (Å²) in [6.45, 7) is -0.905. The van der Waals surface area contributed by atoms with E-state index in [9.17, 15) is 35.4 Å². The van der Waals surface area contributed by atoms with Crippen molar-refractivity contribution in [2.45, 2.75) is 123 Å². The summed E-state index contributed by atoms with van der Waals surface area (Å²) in [5, 5.41) is 68.1. The van der Waals surface area contributed by atoms with Crippen LogP contribution in [0, 0.1) is 5.92 Å². The van der Waals surface area contributed by atoms with Gasteiger partial charge >= 0.3 is 0 Å². The van der Waals surface area contributed by atoms with E-state index in [1.807, 2.05) is 0 Å². The van der Waals surface area contributed by atoms with Gasteiger partial charge in [-0.15, -0.1) is 0 Å². The molecule has 1 amide bonds. The topological polar surface area (TPSA) is 313 Å². The fourth-order valence-corrected chi connectivity index (χ4v) is 6.96. The molecule has 2 aliphatic carbocycles. The standard InChI is InChI=1S/C25H46N6O12/c1-30-17-19(36)20-11(2-8(28)23(42-20)43-25-13(29)3-7(27)18(35)15(25)21(25)37)40-24(17)41-14-4-9(33)16(12(6-32)39-14)31-22(38)10(34)5-26/h7-21,23-24,30,32-37H,2-6,26-29H2,1H3,(H,31,38)/t7-,8?,9?,10+,11+,12?,13?,14-,15?,16+,17?,18?,19?,20?,21-,23-,24?,25?/m1/s1. The third kappa shape index (κ3) is 5.94. The van der Waals surface area contributed by atoms with Gasteiger partial charge in [0.05, 0.1) is 49.1 Å². The Balaban J connectivity index is 1.22. The van der Waals surface area contributed by atoms with Gasteiger partial charge in [0.2, 0.25) is 0 Å². The van der Waals surface area contributed by atoms with Crippen LogP contribution in [0.3, 0.4) is 0 Å². The van der Waals surface area contributed by atoms with Gasteiger partial charge in [0.1, 0.15) is 30.0 Å². The molecular formula is C25H46N6O12. The molecule has 0 aromatic rings. The minimum Gasteiger partial charge on any atom is -0.394 e. The van der Waals surface area contributed by atoms with Gasteiger partial charge in [0.15, 0.2) is 18.9 Å². The zero-order valence-corrected chi connectivity index (χ0v) is 23.8. The number of carbonyl (C=O) groups is 1. The highest BCUT2D eigenvalue weighted by atomic mass is 16.8. The Morgan fingerprint density at radius 3 is 2.37 bits per heavy atom. The van der Waals surface area contributed by atoms with E-state index in [4.69, 9.17) is 46.6 Å². The molecule has 16 N–H and O–H groups in total. The van der Waals surface area contributed by atoms with Gasteiger partial charge in [-0.1, -0.05) is 0 Å². The van der Waals surface area contributed by atoms with Crippen molar-refractivity contribution in [1.29, 1.82) is 0 Å². The average molecular weight is 623 g/mol. The first kappa shape index (κ1) is 33.2. The summed E-state index contributed by atoms with van der Waals surface area (Å²) in [5.41, 5.74) is 22.7. The van der Waals surface area contributed by atoms with E-state index >= 15 is 0 Å². The number of hydrogen-bond donors (Lipinski definition) is 12. The van der Waals surface area contributed by atoms with Crippen molar-refractivity contribution in [3.05, 3.63) is 0 Å². The second-order valence-corrected chi connectivity index (χ2v) is 12.2. The summed E-state index contributed by atoms with van der Waals surface area (Å²) < 4.78 is 30.2. The number of ether oxygens (including phenoxy) is 5. The van der Waals surface area contributed by atoms with Crippen LogP contribution in [0.2, 0.25) is 0 Å². The van der Waals surface area contributed by atoms with Crippen LogP contribution in [0.4, 0.5) is 0 Å². The van der Waals surface area contributed by atoms with Gasteiger partial charge in [0.25, 0.3) is 5.91 Å². The minimum atomic E-state index is -1.49. The first-order valence-corrected chi connectivity index (χ1v) is 14.6. The Bertz CT molecular complexity index is 987. The van der Waals surface area contributed by atoms with E-state index < -0.39 is 122 Å². The molecular weight excluding hydrogens is 576 g/mol. The first-order chi connectivity index (χ1) is 20.4. The van der Waals surface area contributed by atoms with E-state index in [2.05, 4.69) is 10.6 Å². The number of aliphatic hydroxyl groups is 6. The van der Waals surface area contributed by atoms with Gasteiger partial charge in [0, 0.05) is 31.0 Å². The maximum atomic E-state index is 12.1. The second kappa shape index (κ2) is 12.9. The van der Waals surface area contributed by atoms with E-state index in [1.165, 1.54) is 0 Å². The minimum absolute atomic E-state index is 0.131. The number of rotatable bonds is 9. The van der Waals surface area contributed by atoms with Crippen molar-refractivity contribution in [1.82, 2.24) is 10.6 Å². The number of amides is 1. The van der Waals surface area contributed by atoms with Crippen molar-refractivity contribution in [2.24, 2.45) is 28.9 Å². The molecule has 2 saturated carbocycles. The molecule has 5 fully saturated rings. The normalized spacial score (nSPS) is 52.1. The van der Waals surface area contributed by atoms with Gasteiger partial charge in [-0.2, -0.15) is 0 Å². The maximum Gasteiger partial charge on any atom is 0.250 e. The molecule has 18 heteroatoms. The number of nitrogens with one attached hydrogen (secondary N) is 2. The lowest BCUT2D eigenvalue weighted by Gasteiger charge is -2.51. The molecule has 0 aromatic carbocycles. The summed E-state index contributed by atoms with van der Waals surface area (Å²) in [5.74, 6) is -1.51. The largest absolute Gasteiger partial charge is 0.394 e. The number of nitrogens with two attached hydrogens (primary N) is 4. The van der Waals surface area contributed by atoms with Gasteiger partial charge < -0.3 is 87.9 Å². The van der Waals surface area contributed by atoms with Crippen LogP contribution in [0.5, 0.6) is 0 Å². The SMILES string of the molecule is CNC1C(O[C@@H]2CC(O)[C@H](NC(=O)[C@@H](O)CN)C(CO)O2)O[C@H]2CC(N)[C@@H](OC34C(N)C[C@@H](N)C(O)C3[C@H]4O)OC2C1O. The zero-order valence-electron chi connectivity index (χ0n) is 23.8. The van der Waals surface area contributed by atoms with Crippen LogP contribution in [0.25, 0.3) is 0 Å². The maximum absolute atomic E-state index is 12.1. The molecule has 18 nitrogen and oxygen atoms in total. The fourth-order valence-electron chi connectivity index (χ4n) is 6.96. The predicted octanol–water partition coefficient (Wildman–Crippen LogP) is -7.44. The Morgan fingerprint density at radius 2 is 1.72 bits per heavy atom. The Morgan fingerprint density at radius 1 is 1.00 bits per heavy atom. The van der Waals surface area contributed by atoms with Crippen molar-refractivity contribution in [2.75, 3.05) is 20.2 Å². The van der Waals surface area contributed by atoms with Crippen LogP contribution in [-0.4, -0.2) is 160 Å². The Hall–Kier alpha value is -1.17. The zero-order chi connectivity index (χ0) is 31.4. The highest BCUT2D eigenvalue weighted by molar-refractivity contribution is 5.81. The lowest BCUT2D eigenvalue weighted by Crippen LogP contribution is -2.69. The van der Waals surface area contributed by atoms with Crippen LogP contribution < -0.4 is 33.6 Å². The molecule has 0 radical (unpaired) electrons. The smallest absolute Gasteiger partial charge is 0.250 e. The molecule has 43 heavy (non-hydrogen) atoms. The molecule has 11 unspecified atom stereocenters. The van der Waals surface area contributed by atoms with Crippen LogP contribution in [0.1, 0.15) is 19.3 Å². The number of fused-ring (bicyclic) bond motifs is 2. The van der Waals surface area contributed by atoms with Crippen molar-refractivity contribution < 1.29 is 59.1 Å². The summed E-state index contributed by atoms with van der Waals surface area (Å²) in [4.78, 5) is 12.1. The molecule has 248 valence electrons. The van der Waals surface area contributed by atoms with E-state index in [-0.39, 0.29) is 25.8 Å². The van der Waals surface area contributed by atoms with Crippen LogP contribution >= 0.6 is 0 Å². The number of carbonyl (C=O) groups excluding carboxylic acids is 1. The quantitative estimate of drug-likeness (QED) is 0.114. The Kier molecular flexibility index (Phi) is 9.97. The lowest BCUT2D eigenvalue weighted by molar-refractivity contribution is -0.361. The highest BCUT2D eigenvalue weighted by Crippen LogP contribution is 2.56. The van der Waals surface area contributed by atoms with E-state index in [0.717, 1.165) is 0 Å². The lowest BCUT2D eigenvalue weighted by atomic mass is 9.86. The molecule has 3 saturated heterocycles. The van der Waals surface area contributed by atoms with E-state index in [0.29, 0.717) is 0 Å². The number of likely N-dealkylation sites (N-methyl/N-ethyl adjacent to an activating group) is 1. The molecule has 18 atom stereocenters. The third-order valence-corrected chi connectivity index (χ3v) is 9.47. The van der Waals surface area contributed by atoms with Crippen molar-refractivity contribution >= 4 is 5.91 Å². The predicted molar refractivity (Wildman–Crippen MR) is 143 cm³/mol. The summed E-state index contributed by atoms with van der Waals surface area (Å²) in [7, 11) is 1.58. The molecule has 0 bridgehead atoms. The third-order valence-electron chi connectivity index (χ3n) is 9.47. The monoisotopic (exact) mass is 622 g/mol. The van der Waals surface area contributed by atoms with Crippen LogP contribution in [-0.2, 0) is 28.5 Å². The van der Waals surface area contributed by atoms with Gasteiger partial charge in [-0.3, -0.25) is 4.79 Å². The second-order valence-electron chi connectivity index (χ2n) is 12.2. The summed E-state index contributed by atoms with van der Waals surface area (Å²) >= 11 is 0. The van der Waals surface area contributed by atoms with Gasteiger partial charge in [-0.25, -0.2) is 0 Å². The molecule has 5 aliphatic rings. The van der Waals surface area contributed by atoms with Gasteiger partial charge in [-0.05, 0) is 19.9 Å². The molecule has 0 aromatic heterocycles. The average Bonchev–Trinajstić information content (AvgIpc) is 3.57. The molecule has 0 spiro atoms.